The molecule has 2 rings (SSSR count). The third-order valence-corrected chi connectivity index (χ3v) is 2.14. The molecule has 0 saturated carbocycles. The molecule has 2 aromatic rings. The van der Waals surface area contributed by atoms with Crippen molar-refractivity contribution in [1.82, 2.24) is 15.1 Å². The van der Waals surface area contributed by atoms with Crippen molar-refractivity contribution >= 4 is 0 Å². The van der Waals surface area contributed by atoms with E-state index in [1.165, 1.54) is 0 Å². The van der Waals surface area contributed by atoms with Crippen molar-refractivity contribution in [3.8, 4) is 11.4 Å². The first-order valence-electron chi connectivity index (χ1n) is 4.81. The number of pyridine rings is 1. The van der Waals surface area contributed by atoms with Crippen LogP contribution in [0.25, 0.3) is 11.4 Å². The van der Waals surface area contributed by atoms with Gasteiger partial charge in [-0.15, -0.1) is 0 Å². The van der Waals surface area contributed by atoms with Crippen molar-refractivity contribution in [3.63, 3.8) is 0 Å². The average Bonchev–Trinajstić information content (AvgIpc) is 2.78. The van der Waals surface area contributed by atoms with Gasteiger partial charge in [0, 0.05) is 18.0 Å². The van der Waals surface area contributed by atoms with Crippen molar-refractivity contribution in [2.45, 2.75) is 19.4 Å². The second kappa shape index (κ2) is 4.18. The molecule has 0 unspecified atom stereocenters. The Morgan fingerprint density at radius 2 is 2.13 bits per heavy atom. The van der Waals surface area contributed by atoms with Crippen LogP contribution in [0.4, 0.5) is 0 Å². The zero-order chi connectivity index (χ0) is 10.7. The molecule has 2 N–H and O–H groups in total. The third-order valence-electron chi connectivity index (χ3n) is 2.14. The Balaban J connectivity index is 2.28. The lowest BCUT2D eigenvalue weighted by Gasteiger charge is -1.99. The van der Waals surface area contributed by atoms with E-state index >= 15 is 0 Å². The quantitative estimate of drug-likeness (QED) is 0.820. The molecule has 0 aliphatic heterocycles. The van der Waals surface area contributed by atoms with Crippen LogP contribution in [0.15, 0.2) is 29.0 Å². The summed E-state index contributed by atoms with van der Waals surface area (Å²) in [5.41, 5.74) is 6.66. The minimum Gasteiger partial charge on any atom is -0.337 e. The van der Waals surface area contributed by atoms with E-state index in [0.717, 1.165) is 12.0 Å². The Morgan fingerprint density at radius 1 is 1.40 bits per heavy atom. The van der Waals surface area contributed by atoms with Gasteiger partial charge in [-0.05, 0) is 18.6 Å². The molecule has 0 spiro atoms. The molecule has 15 heavy (non-hydrogen) atoms. The summed E-state index contributed by atoms with van der Waals surface area (Å²) >= 11 is 0. The Hall–Kier alpha value is -1.75. The smallest absolute Gasteiger partial charge is 0.243 e. The second-order valence-electron chi connectivity index (χ2n) is 3.21. The molecular weight excluding hydrogens is 192 g/mol. The van der Waals surface area contributed by atoms with Crippen molar-refractivity contribution < 1.29 is 4.52 Å². The van der Waals surface area contributed by atoms with Gasteiger partial charge in [-0.1, -0.05) is 12.1 Å². The predicted molar refractivity (Wildman–Crippen MR) is 54.7 cm³/mol. The van der Waals surface area contributed by atoms with Crippen LogP contribution in [0.1, 0.15) is 25.3 Å². The molecule has 0 fully saturated rings. The van der Waals surface area contributed by atoms with Gasteiger partial charge in [0.05, 0.1) is 6.04 Å². The van der Waals surface area contributed by atoms with E-state index in [0.29, 0.717) is 11.7 Å². The van der Waals surface area contributed by atoms with Crippen LogP contribution in [-0.4, -0.2) is 15.1 Å². The Kier molecular flexibility index (Phi) is 2.73. The van der Waals surface area contributed by atoms with Gasteiger partial charge in [0.1, 0.15) is 0 Å². The molecule has 0 saturated heterocycles. The summed E-state index contributed by atoms with van der Waals surface area (Å²) in [5, 5.41) is 3.86. The Morgan fingerprint density at radius 3 is 2.80 bits per heavy atom. The Bertz CT molecular complexity index is 426. The molecule has 0 aliphatic rings. The highest BCUT2D eigenvalue weighted by atomic mass is 16.5. The number of hydrogen-bond donors (Lipinski definition) is 1. The molecule has 2 aromatic heterocycles. The number of hydrogen-bond acceptors (Lipinski definition) is 5. The third kappa shape index (κ3) is 2.02. The van der Waals surface area contributed by atoms with Gasteiger partial charge in [0.2, 0.25) is 11.7 Å². The fourth-order valence-corrected chi connectivity index (χ4v) is 1.18. The molecule has 2 heterocycles. The molecule has 0 radical (unpaired) electrons. The fourth-order valence-electron chi connectivity index (χ4n) is 1.18. The molecule has 0 amide bonds. The zero-order valence-electron chi connectivity index (χ0n) is 8.42. The summed E-state index contributed by atoms with van der Waals surface area (Å²) in [6, 6.07) is 3.46. The fraction of sp³-hybridized carbons (Fsp3) is 0.300. The lowest BCUT2D eigenvalue weighted by atomic mass is 10.2. The SMILES string of the molecule is CC[C@H](N)c1nc(-c2ccncc2)no1. The number of nitrogens with zero attached hydrogens (tertiary/aromatic N) is 3. The maximum Gasteiger partial charge on any atom is 0.243 e. The molecular formula is C10H12N4O. The van der Waals surface area contributed by atoms with Crippen LogP contribution in [-0.2, 0) is 0 Å². The molecule has 0 aromatic carbocycles. The van der Waals surface area contributed by atoms with E-state index in [4.69, 9.17) is 10.3 Å². The highest BCUT2D eigenvalue weighted by molar-refractivity contribution is 5.52. The number of rotatable bonds is 3. The Labute approximate surface area is 87.3 Å². The van der Waals surface area contributed by atoms with Crippen LogP contribution < -0.4 is 5.73 Å². The summed E-state index contributed by atoms with van der Waals surface area (Å²) in [5.74, 6) is 1.03. The summed E-state index contributed by atoms with van der Waals surface area (Å²) in [4.78, 5) is 8.14. The highest BCUT2D eigenvalue weighted by Crippen LogP contribution is 2.17. The lowest BCUT2D eigenvalue weighted by molar-refractivity contribution is 0.352. The van der Waals surface area contributed by atoms with E-state index in [2.05, 4.69) is 15.1 Å². The topological polar surface area (TPSA) is 77.8 Å². The normalized spacial score (nSPS) is 12.7. The molecule has 78 valence electrons. The zero-order valence-corrected chi connectivity index (χ0v) is 8.42. The van der Waals surface area contributed by atoms with Crippen molar-refractivity contribution in [1.29, 1.82) is 0 Å². The van der Waals surface area contributed by atoms with Gasteiger partial charge in [-0.3, -0.25) is 4.98 Å². The minimum atomic E-state index is -0.187. The first-order chi connectivity index (χ1) is 7.31. The first-order valence-corrected chi connectivity index (χ1v) is 4.81. The molecule has 1 atom stereocenters. The van der Waals surface area contributed by atoms with Crippen LogP contribution >= 0.6 is 0 Å². The lowest BCUT2D eigenvalue weighted by Crippen LogP contribution is -2.08. The highest BCUT2D eigenvalue weighted by Gasteiger charge is 2.13. The second-order valence-corrected chi connectivity index (χ2v) is 3.21. The van der Waals surface area contributed by atoms with Crippen LogP contribution in [0, 0.1) is 0 Å². The summed E-state index contributed by atoms with van der Waals surface area (Å²) < 4.78 is 5.07. The maximum atomic E-state index is 5.78. The van der Waals surface area contributed by atoms with Crippen LogP contribution in [0.3, 0.4) is 0 Å². The van der Waals surface area contributed by atoms with Gasteiger partial charge < -0.3 is 10.3 Å². The minimum absolute atomic E-state index is 0.187. The average molecular weight is 204 g/mol. The van der Waals surface area contributed by atoms with Gasteiger partial charge in [0.15, 0.2) is 0 Å². The van der Waals surface area contributed by atoms with E-state index in [9.17, 15) is 0 Å². The maximum absolute atomic E-state index is 5.78. The molecule has 0 bridgehead atoms. The monoisotopic (exact) mass is 204 g/mol. The summed E-state index contributed by atoms with van der Waals surface area (Å²) in [6.45, 7) is 1.97. The van der Waals surface area contributed by atoms with Gasteiger partial charge in [-0.2, -0.15) is 4.98 Å². The predicted octanol–water partition coefficient (Wildman–Crippen LogP) is 1.54. The summed E-state index contributed by atoms with van der Waals surface area (Å²) in [7, 11) is 0. The molecule has 0 aliphatic carbocycles. The number of nitrogens with two attached hydrogens (primary N) is 1. The van der Waals surface area contributed by atoms with Crippen molar-refractivity contribution in [2.24, 2.45) is 5.73 Å². The standard InChI is InChI=1S/C10H12N4O/c1-2-8(11)10-13-9(14-15-10)7-3-5-12-6-4-7/h3-6,8H,2,11H2,1H3/t8-/m0/s1. The molecule has 5 heteroatoms. The van der Waals surface area contributed by atoms with Crippen molar-refractivity contribution in [2.75, 3.05) is 0 Å². The van der Waals surface area contributed by atoms with E-state index < -0.39 is 0 Å². The van der Waals surface area contributed by atoms with Gasteiger partial charge in [-0.25, -0.2) is 0 Å². The molecule has 5 nitrogen and oxygen atoms in total. The largest absolute Gasteiger partial charge is 0.337 e. The summed E-state index contributed by atoms with van der Waals surface area (Å²) in [6.07, 6.45) is 4.15. The van der Waals surface area contributed by atoms with E-state index in [-0.39, 0.29) is 6.04 Å². The van der Waals surface area contributed by atoms with Gasteiger partial charge in [0.25, 0.3) is 0 Å². The van der Waals surface area contributed by atoms with Crippen LogP contribution in [0.2, 0.25) is 0 Å². The van der Waals surface area contributed by atoms with Crippen LogP contribution in [0.5, 0.6) is 0 Å². The van der Waals surface area contributed by atoms with E-state index in [1.807, 2.05) is 19.1 Å². The van der Waals surface area contributed by atoms with Crippen molar-refractivity contribution in [3.05, 3.63) is 30.4 Å². The van der Waals surface area contributed by atoms with Gasteiger partial charge >= 0.3 is 0 Å². The van der Waals surface area contributed by atoms with E-state index in [1.54, 1.807) is 12.4 Å². The first kappa shape index (κ1) is 9.79. The number of aromatic nitrogens is 3.